The molecule has 5 heteroatoms. The van der Waals surface area contributed by atoms with Crippen molar-refractivity contribution in [3.05, 3.63) is 48.0 Å². The van der Waals surface area contributed by atoms with Gasteiger partial charge >= 0.3 is 5.97 Å². The molecule has 0 radical (unpaired) electrons. The molecule has 122 valence electrons. The smallest absolute Gasteiger partial charge is 0.340 e. The Morgan fingerprint density at radius 1 is 1.29 bits per heavy atom. The van der Waals surface area contributed by atoms with Gasteiger partial charge in [0.25, 0.3) is 0 Å². The van der Waals surface area contributed by atoms with Crippen molar-refractivity contribution in [1.29, 1.82) is 0 Å². The van der Waals surface area contributed by atoms with Crippen LogP contribution in [0.4, 0.5) is 0 Å². The number of nitrogens with zero attached hydrogens (tertiary/aromatic N) is 2. The van der Waals surface area contributed by atoms with Gasteiger partial charge in [-0.2, -0.15) is 0 Å². The Hall–Kier alpha value is -2.82. The molecule has 1 atom stereocenters. The van der Waals surface area contributed by atoms with E-state index in [1.54, 1.807) is 13.0 Å². The summed E-state index contributed by atoms with van der Waals surface area (Å²) in [5.74, 6) is 1.30. The molecule has 1 aromatic heterocycles. The zero-order valence-corrected chi connectivity index (χ0v) is 13.7. The number of ether oxygens (including phenoxy) is 2. The molecular formula is C19H18N2O3. The van der Waals surface area contributed by atoms with E-state index in [9.17, 15) is 4.79 Å². The lowest BCUT2D eigenvalue weighted by molar-refractivity contribution is 0.0528. The first-order valence-corrected chi connectivity index (χ1v) is 8.11. The minimum atomic E-state index is -0.339. The van der Waals surface area contributed by atoms with Gasteiger partial charge in [-0.1, -0.05) is 18.2 Å². The van der Waals surface area contributed by atoms with Crippen LogP contribution in [0.1, 0.15) is 24.2 Å². The van der Waals surface area contributed by atoms with Crippen LogP contribution >= 0.6 is 0 Å². The monoisotopic (exact) mass is 322 g/mol. The molecule has 0 amide bonds. The molecule has 0 saturated carbocycles. The summed E-state index contributed by atoms with van der Waals surface area (Å²) in [6, 6.07) is 13.5. The first-order chi connectivity index (χ1) is 11.7. The van der Waals surface area contributed by atoms with E-state index in [1.807, 2.05) is 43.3 Å². The van der Waals surface area contributed by atoms with E-state index in [0.29, 0.717) is 24.2 Å². The summed E-state index contributed by atoms with van der Waals surface area (Å²) in [4.78, 5) is 17.0. The molecule has 0 spiro atoms. The summed E-state index contributed by atoms with van der Waals surface area (Å²) in [7, 11) is 0. The number of hydrogen-bond acceptors (Lipinski definition) is 4. The summed E-state index contributed by atoms with van der Waals surface area (Å²) in [5, 5.41) is 0. The molecule has 1 unspecified atom stereocenters. The second kappa shape index (κ2) is 5.67. The van der Waals surface area contributed by atoms with Crippen molar-refractivity contribution in [2.45, 2.75) is 26.5 Å². The van der Waals surface area contributed by atoms with Crippen molar-refractivity contribution in [2.24, 2.45) is 0 Å². The summed E-state index contributed by atoms with van der Waals surface area (Å²) < 4.78 is 13.3. The van der Waals surface area contributed by atoms with Crippen molar-refractivity contribution in [3.63, 3.8) is 0 Å². The second-order valence-electron chi connectivity index (χ2n) is 5.86. The maximum absolute atomic E-state index is 12.3. The third-order valence-corrected chi connectivity index (χ3v) is 4.17. The van der Waals surface area contributed by atoms with Crippen LogP contribution in [-0.2, 0) is 11.3 Å². The van der Waals surface area contributed by atoms with E-state index in [0.717, 1.165) is 22.7 Å². The maximum atomic E-state index is 12.3. The Morgan fingerprint density at radius 2 is 2.12 bits per heavy atom. The third kappa shape index (κ3) is 2.24. The number of carbonyl (C=O) groups excluding carboxylic acids is 1. The van der Waals surface area contributed by atoms with E-state index >= 15 is 0 Å². The molecular weight excluding hydrogens is 304 g/mol. The first kappa shape index (κ1) is 14.8. The molecule has 4 rings (SSSR count). The molecule has 1 aliphatic rings. The summed E-state index contributed by atoms with van der Waals surface area (Å²) in [6.45, 7) is 4.85. The molecule has 0 bridgehead atoms. The van der Waals surface area contributed by atoms with Crippen LogP contribution in [0.3, 0.4) is 0 Å². The molecule has 2 heterocycles. The van der Waals surface area contributed by atoms with Gasteiger partial charge in [-0.15, -0.1) is 0 Å². The van der Waals surface area contributed by atoms with Gasteiger partial charge < -0.3 is 14.0 Å². The van der Waals surface area contributed by atoms with Crippen molar-refractivity contribution >= 4 is 17.0 Å². The van der Waals surface area contributed by atoms with E-state index < -0.39 is 0 Å². The van der Waals surface area contributed by atoms with E-state index in [4.69, 9.17) is 14.5 Å². The van der Waals surface area contributed by atoms with Gasteiger partial charge in [0.2, 0.25) is 0 Å². The number of rotatable bonds is 2. The first-order valence-electron chi connectivity index (χ1n) is 8.11. The summed E-state index contributed by atoms with van der Waals surface area (Å²) in [6.07, 6.45) is 0.0102. The predicted octanol–water partition coefficient (Wildman–Crippen LogP) is 3.66. The number of hydrogen-bond donors (Lipinski definition) is 0. The van der Waals surface area contributed by atoms with Gasteiger partial charge in [0.1, 0.15) is 23.2 Å². The molecule has 2 aromatic carbocycles. The second-order valence-corrected chi connectivity index (χ2v) is 5.86. The van der Waals surface area contributed by atoms with Gasteiger partial charge in [-0.25, -0.2) is 9.78 Å². The third-order valence-electron chi connectivity index (χ3n) is 4.17. The van der Waals surface area contributed by atoms with Crippen molar-refractivity contribution in [2.75, 3.05) is 6.61 Å². The van der Waals surface area contributed by atoms with Crippen LogP contribution in [0.2, 0.25) is 0 Å². The average molecular weight is 322 g/mol. The number of carbonyl (C=O) groups is 1. The number of imidazole rings is 1. The highest BCUT2D eigenvalue weighted by Gasteiger charge is 2.25. The highest BCUT2D eigenvalue weighted by Crippen LogP contribution is 2.36. The zero-order chi connectivity index (χ0) is 16.7. The highest BCUT2D eigenvalue weighted by molar-refractivity contribution is 6.03. The fraction of sp³-hybridized carbons (Fsp3) is 0.263. The number of benzene rings is 2. The number of fused-ring (bicyclic) bond motifs is 5. The van der Waals surface area contributed by atoms with E-state index in [1.165, 1.54) is 0 Å². The molecule has 0 aliphatic carbocycles. The predicted molar refractivity (Wildman–Crippen MR) is 91.2 cm³/mol. The molecule has 0 fully saturated rings. The molecule has 24 heavy (non-hydrogen) atoms. The molecule has 0 N–H and O–H groups in total. The van der Waals surface area contributed by atoms with E-state index in [2.05, 4.69) is 4.57 Å². The lowest BCUT2D eigenvalue weighted by Crippen LogP contribution is -2.17. The molecule has 3 aromatic rings. The van der Waals surface area contributed by atoms with Crippen molar-refractivity contribution in [3.8, 4) is 17.1 Å². The summed E-state index contributed by atoms with van der Waals surface area (Å²) in [5.41, 5.74) is 3.03. The Bertz CT molecular complexity index is 930. The van der Waals surface area contributed by atoms with Crippen LogP contribution in [0, 0.1) is 0 Å². The molecule has 0 saturated heterocycles. The average Bonchev–Trinajstić information content (AvgIpc) is 2.87. The molecule has 1 aliphatic heterocycles. The lowest BCUT2D eigenvalue weighted by atomic mass is 10.2. The van der Waals surface area contributed by atoms with Crippen LogP contribution < -0.4 is 4.74 Å². The van der Waals surface area contributed by atoms with Crippen molar-refractivity contribution in [1.82, 2.24) is 9.55 Å². The zero-order valence-electron chi connectivity index (χ0n) is 13.7. The topological polar surface area (TPSA) is 53.3 Å². The standard InChI is InChI=1S/C19H18N2O3/c1-3-23-19(22)14-8-6-9-15-17(14)20-18-13-7-4-5-10-16(13)24-12(2)11-21(15)18/h4-10,12H,3,11H2,1-2H3. The van der Waals surface area contributed by atoms with E-state index in [-0.39, 0.29) is 12.1 Å². The van der Waals surface area contributed by atoms with Gasteiger partial charge in [-0.05, 0) is 38.1 Å². The van der Waals surface area contributed by atoms with Gasteiger partial charge in [0.15, 0.2) is 0 Å². The molecule has 5 nitrogen and oxygen atoms in total. The normalized spacial score (nSPS) is 16.0. The van der Waals surface area contributed by atoms with Gasteiger partial charge in [-0.3, -0.25) is 0 Å². The number of aromatic nitrogens is 2. The van der Waals surface area contributed by atoms with Crippen molar-refractivity contribution < 1.29 is 14.3 Å². The minimum Gasteiger partial charge on any atom is -0.488 e. The summed E-state index contributed by atoms with van der Waals surface area (Å²) >= 11 is 0. The Labute approximate surface area is 139 Å². The van der Waals surface area contributed by atoms with Gasteiger partial charge in [0, 0.05) is 0 Å². The maximum Gasteiger partial charge on any atom is 0.340 e. The minimum absolute atomic E-state index is 0.0102. The lowest BCUT2D eigenvalue weighted by Gasteiger charge is -2.13. The van der Waals surface area contributed by atoms with Gasteiger partial charge in [0.05, 0.1) is 29.8 Å². The largest absolute Gasteiger partial charge is 0.488 e. The van der Waals surface area contributed by atoms with Crippen LogP contribution in [-0.4, -0.2) is 28.2 Å². The SMILES string of the molecule is CCOC(=O)c1cccc2c1nc1n2CC(C)Oc2ccccc2-1. The number of para-hydroxylation sites is 2. The fourth-order valence-electron chi connectivity index (χ4n) is 3.18. The fourth-order valence-corrected chi connectivity index (χ4v) is 3.18. The Morgan fingerprint density at radius 3 is 2.96 bits per heavy atom. The quantitative estimate of drug-likeness (QED) is 0.676. The Balaban J connectivity index is 1.99. The Kier molecular flexibility index (Phi) is 3.49. The van der Waals surface area contributed by atoms with Crippen LogP contribution in [0.15, 0.2) is 42.5 Å². The highest BCUT2D eigenvalue weighted by atomic mass is 16.5. The number of esters is 1. The van der Waals surface area contributed by atoms with Crippen LogP contribution in [0.5, 0.6) is 5.75 Å². The van der Waals surface area contributed by atoms with Crippen LogP contribution in [0.25, 0.3) is 22.4 Å².